The van der Waals surface area contributed by atoms with E-state index in [1.54, 1.807) is 0 Å². The molecular formula is C21H27FN2O3S. The summed E-state index contributed by atoms with van der Waals surface area (Å²) >= 11 is 0. The fourth-order valence-corrected chi connectivity index (χ4v) is 4.50. The number of hydrogen-bond donors (Lipinski definition) is 1. The lowest BCUT2D eigenvalue weighted by atomic mass is 9.97. The molecule has 0 radical (unpaired) electrons. The summed E-state index contributed by atoms with van der Waals surface area (Å²) in [6.07, 6.45) is 1.60. The number of para-hydroxylation sites is 1. The summed E-state index contributed by atoms with van der Waals surface area (Å²) in [7, 11) is -3.87. The first kappa shape index (κ1) is 21.9. The highest BCUT2D eigenvalue weighted by atomic mass is 32.2. The van der Waals surface area contributed by atoms with Crippen LogP contribution in [0.5, 0.6) is 0 Å². The Kier molecular flexibility index (Phi) is 6.82. The second kappa shape index (κ2) is 8.73. The van der Waals surface area contributed by atoms with Gasteiger partial charge in [-0.2, -0.15) is 0 Å². The van der Waals surface area contributed by atoms with Gasteiger partial charge in [-0.05, 0) is 50.5 Å². The molecule has 2 rings (SSSR count). The van der Waals surface area contributed by atoms with Gasteiger partial charge in [0.15, 0.2) is 0 Å². The Morgan fingerprint density at radius 1 is 1.18 bits per heavy atom. The molecule has 7 heteroatoms. The number of nitrogens with one attached hydrogen (secondary N) is 1. The highest BCUT2D eigenvalue weighted by Crippen LogP contribution is 2.26. The lowest BCUT2D eigenvalue weighted by Crippen LogP contribution is -2.49. The number of benzene rings is 2. The van der Waals surface area contributed by atoms with Crippen LogP contribution in [0, 0.1) is 19.7 Å². The molecule has 2 aromatic carbocycles. The molecule has 0 aliphatic heterocycles. The van der Waals surface area contributed by atoms with Crippen LogP contribution in [0.4, 0.5) is 10.1 Å². The van der Waals surface area contributed by atoms with Gasteiger partial charge in [-0.3, -0.25) is 9.10 Å². The Bertz CT molecular complexity index is 960. The van der Waals surface area contributed by atoms with Crippen molar-refractivity contribution in [3.63, 3.8) is 0 Å². The standard InChI is InChI=1S/C21H27FN2O3S/c1-6-19(17-12-11-14(2)13-15(17)3)23-21(25)16(4)24(28(5,26)27)20-10-8-7-9-18(20)22/h7-13,16,19H,6H2,1-5H3,(H,23,25)/t16-,19-/m1/s1. The zero-order valence-corrected chi connectivity index (χ0v) is 17.7. The van der Waals surface area contributed by atoms with Crippen molar-refractivity contribution in [2.45, 2.75) is 46.2 Å². The topological polar surface area (TPSA) is 66.5 Å². The Morgan fingerprint density at radius 3 is 2.36 bits per heavy atom. The van der Waals surface area contributed by atoms with Crippen LogP contribution in [0.3, 0.4) is 0 Å². The molecule has 0 aliphatic carbocycles. The summed E-state index contributed by atoms with van der Waals surface area (Å²) in [5.74, 6) is -1.19. The predicted molar refractivity (Wildman–Crippen MR) is 110 cm³/mol. The maximum absolute atomic E-state index is 14.2. The number of aryl methyl sites for hydroxylation is 2. The molecule has 0 unspecified atom stereocenters. The number of carbonyl (C=O) groups is 1. The molecule has 2 atom stereocenters. The molecule has 0 heterocycles. The van der Waals surface area contributed by atoms with E-state index in [-0.39, 0.29) is 11.7 Å². The van der Waals surface area contributed by atoms with Crippen LogP contribution in [0.2, 0.25) is 0 Å². The van der Waals surface area contributed by atoms with Crippen LogP contribution in [0.15, 0.2) is 42.5 Å². The Morgan fingerprint density at radius 2 is 1.82 bits per heavy atom. The number of anilines is 1. The van der Waals surface area contributed by atoms with Crippen molar-refractivity contribution in [2.75, 3.05) is 10.6 Å². The van der Waals surface area contributed by atoms with Gasteiger partial charge in [-0.25, -0.2) is 12.8 Å². The highest BCUT2D eigenvalue weighted by molar-refractivity contribution is 7.92. The van der Waals surface area contributed by atoms with E-state index in [0.717, 1.165) is 27.3 Å². The number of sulfonamides is 1. The van der Waals surface area contributed by atoms with Gasteiger partial charge in [0.25, 0.3) is 0 Å². The Hall–Kier alpha value is -2.41. The third-order valence-corrected chi connectivity index (χ3v) is 5.93. The van der Waals surface area contributed by atoms with E-state index in [1.165, 1.54) is 31.2 Å². The van der Waals surface area contributed by atoms with Gasteiger partial charge in [0.2, 0.25) is 15.9 Å². The number of halogens is 1. The van der Waals surface area contributed by atoms with Crippen LogP contribution < -0.4 is 9.62 Å². The summed E-state index contributed by atoms with van der Waals surface area (Å²) in [5.41, 5.74) is 3.00. The maximum Gasteiger partial charge on any atom is 0.244 e. The zero-order chi connectivity index (χ0) is 21.1. The molecule has 0 fully saturated rings. The largest absolute Gasteiger partial charge is 0.347 e. The molecule has 0 spiro atoms. The lowest BCUT2D eigenvalue weighted by Gasteiger charge is -2.30. The molecule has 2 aromatic rings. The van der Waals surface area contributed by atoms with Crippen molar-refractivity contribution < 1.29 is 17.6 Å². The van der Waals surface area contributed by atoms with Gasteiger partial charge in [0, 0.05) is 0 Å². The van der Waals surface area contributed by atoms with Crippen molar-refractivity contribution in [3.05, 3.63) is 65.0 Å². The fraction of sp³-hybridized carbons (Fsp3) is 0.381. The number of carbonyl (C=O) groups excluding carboxylic acids is 1. The van der Waals surface area contributed by atoms with E-state index in [0.29, 0.717) is 6.42 Å². The minimum absolute atomic E-state index is 0.146. The maximum atomic E-state index is 14.2. The molecule has 0 bridgehead atoms. The number of hydrogen-bond acceptors (Lipinski definition) is 3. The summed E-state index contributed by atoms with van der Waals surface area (Å²) in [5, 5.41) is 2.92. The van der Waals surface area contributed by atoms with Crippen molar-refractivity contribution in [3.8, 4) is 0 Å². The number of amides is 1. The van der Waals surface area contributed by atoms with Crippen molar-refractivity contribution in [1.29, 1.82) is 0 Å². The molecule has 1 N–H and O–H groups in total. The quantitative estimate of drug-likeness (QED) is 0.759. The fourth-order valence-electron chi connectivity index (χ4n) is 3.32. The van der Waals surface area contributed by atoms with E-state index < -0.39 is 27.8 Å². The minimum Gasteiger partial charge on any atom is -0.347 e. The molecule has 0 saturated carbocycles. The van der Waals surface area contributed by atoms with E-state index in [2.05, 4.69) is 5.32 Å². The molecule has 1 amide bonds. The molecule has 28 heavy (non-hydrogen) atoms. The van der Waals surface area contributed by atoms with Crippen molar-refractivity contribution in [2.24, 2.45) is 0 Å². The van der Waals surface area contributed by atoms with E-state index in [4.69, 9.17) is 0 Å². The molecule has 152 valence electrons. The SMILES string of the molecule is CC[C@@H](NC(=O)[C@@H](C)N(c1ccccc1F)S(C)(=O)=O)c1ccc(C)cc1C. The first-order valence-electron chi connectivity index (χ1n) is 9.17. The average molecular weight is 407 g/mol. The first-order chi connectivity index (χ1) is 13.1. The van der Waals surface area contributed by atoms with Gasteiger partial charge in [-0.15, -0.1) is 0 Å². The highest BCUT2D eigenvalue weighted by Gasteiger charge is 2.32. The molecule has 0 aliphatic rings. The van der Waals surface area contributed by atoms with E-state index in [1.807, 2.05) is 39.0 Å². The summed E-state index contributed by atoms with van der Waals surface area (Å²) < 4.78 is 39.7. The Balaban J connectivity index is 2.33. The van der Waals surface area contributed by atoms with E-state index in [9.17, 15) is 17.6 Å². The molecule has 5 nitrogen and oxygen atoms in total. The summed E-state index contributed by atoms with van der Waals surface area (Å²) in [6, 6.07) is 10.1. The van der Waals surface area contributed by atoms with Gasteiger partial charge in [-0.1, -0.05) is 42.8 Å². The molecule has 0 aromatic heterocycles. The summed E-state index contributed by atoms with van der Waals surface area (Å²) in [4.78, 5) is 12.9. The second-order valence-corrected chi connectivity index (χ2v) is 8.88. The normalized spacial score (nSPS) is 13.6. The van der Waals surface area contributed by atoms with Gasteiger partial charge >= 0.3 is 0 Å². The smallest absolute Gasteiger partial charge is 0.244 e. The third kappa shape index (κ3) is 4.90. The zero-order valence-electron chi connectivity index (χ0n) is 16.9. The number of nitrogens with zero attached hydrogens (tertiary/aromatic N) is 1. The van der Waals surface area contributed by atoms with E-state index >= 15 is 0 Å². The average Bonchev–Trinajstić information content (AvgIpc) is 2.60. The Labute approximate surface area is 166 Å². The molecular weight excluding hydrogens is 379 g/mol. The predicted octanol–water partition coefficient (Wildman–Crippen LogP) is 3.86. The van der Waals surface area contributed by atoms with Crippen molar-refractivity contribution >= 4 is 21.6 Å². The van der Waals surface area contributed by atoms with Crippen molar-refractivity contribution in [1.82, 2.24) is 5.32 Å². The lowest BCUT2D eigenvalue weighted by molar-refractivity contribution is -0.122. The van der Waals surface area contributed by atoms with Crippen LogP contribution in [0.25, 0.3) is 0 Å². The van der Waals surface area contributed by atoms with Crippen LogP contribution in [0.1, 0.15) is 43.0 Å². The monoisotopic (exact) mass is 406 g/mol. The summed E-state index contributed by atoms with van der Waals surface area (Å²) in [6.45, 7) is 7.37. The second-order valence-electron chi connectivity index (χ2n) is 7.02. The van der Waals surface area contributed by atoms with Gasteiger partial charge < -0.3 is 5.32 Å². The number of rotatable bonds is 7. The van der Waals surface area contributed by atoms with Crippen LogP contribution >= 0.6 is 0 Å². The van der Waals surface area contributed by atoms with Crippen LogP contribution in [-0.2, 0) is 14.8 Å². The molecule has 0 saturated heterocycles. The third-order valence-electron chi connectivity index (χ3n) is 4.70. The van der Waals surface area contributed by atoms with Gasteiger partial charge in [0.1, 0.15) is 11.9 Å². The van der Waals surface area contributed by atoms with Crippen LogP contribution in [-0.4, -0.2) is 26.6 Å². The first-order valence-corrected chi connectivity index (χ1v) is 11.0. The van der Waals surface area contributed by atoms with Gasteiger partial charge in [0.05, 0.1) is 18.0 Å². The minimum atomic E-state index is -3.87.